The van der Waals surface area contributed by atoms with Crippen LogP contribution in [0, 0.1) is 13.8 Å². The molecule has 34 heavy (non-hydrogen) atoms. The highest BCUT2D eigenvalue weighted by atomic mass is 35.5. The first-order chi connectivity index (χ1) is 16.4. The molecule has 0 saturated heterocycles. The molecule has 3 aromatic carbocycles. The van der Waals surface area contributed by atoms with Crippen molar-refractivity contribution in [2.24, 2.45) is 0 Å². The summed E-state index contributed by atoms with van der Waals surface area (Å²) >= 11 is 8.83. The van der Waals surface area contributed by atoms with E-state index in [1.54, 1.807) is 36.4 Å². The van der Waals surface area contributed by atoms with Gasteiger partial charge in [-0.1, -0.05) is 47.5 Å². The molecule has 0 fully saturated rings. The molecule has 1 aromatic heterocycles. The van der Waals surface area contributed by atoms with E-state index in [4.69, 9.17) is 11.6 Å². The molecule has 4 aromatic rings. The van der Waals surface area contributed by atoms with Crippen LogP contribution in [0.2, 0.25) is 5.02 Å². The minimum absolute atomic E-state index is 0.118. The normalized spacial score (nSPS) is 10.7. The number of rotatable bonds is 7. The molecule has 5 nitrogen and oxygen atoms in total. The third-order valence-electron chi connectivity index (χ3n) is 4.94. The zero-order valence-corrected chi connectivity index (χ0v) is 21.0. The van der Waals surface area contributed by atoms with E-state index in [0.29, 0.717) is 21.4 Å². The first-order valence-electron chi connectivity index (χ1n) is 10.5. The van der Waals surface area contributed by atoms with Gasteiger partial charge in [0.1, 0.15) is 0 Å². The Morgan fingerprint density at radius 1 is 0.971 bits per heavy atom. The van der Waals surface area contributed by atoms with Gasteiger partial charge in [0, 0.05) is 31.6 Å². The number of anilines is 2. The third kappa shape index (κ3) is 6.26. The number of aromatic nitrogens is 1. The summed E-state index contributed by atoms with van der Waals surface area (Å²) in [4.78, 5) is 31.4. The molecule has 0 aliphatic carbocycles. The molecule has 0 aliphatic rings. The first-order valence-corrected chi connectivity index (χ1v) is 12.7. The summed E-state index contributed by atoms with van der Waals surface area (Å²) in [7, 11) is 0. The van der Waals surface area contributed by atoms with Gasteiger partial charge < -0.3 is 10.6 Å². The SMILES string of the molecule is Cc1ccc(-c2nc(NC(=O)CSc3ccc(NC(=O)c4cccc(Cl)c4)cc3)sc2C)cc1. The van der Waals surface area contributed by atoms with Crippen molar-refractivity contribution in [1.82, 2.24) is 4.98 Å². The molecule has 0 aliphatic heterocycles. The van der Waals surface area contributed by atoms with Crippen LogP contribution in [0.4, 0.5) is 10.8 Å². The average Bonchev–Trinajstić information content (AvgIpc) is 3.18. The summed E-state index contributed by atoms with van der Waals surface area (Å²) in [6.07, 6.45) is 0. The topological polar surface area (TPSA) is 71.1 Å². The Morgan fingerprint density at radius 2 is 1.71 bits per heavy atom. The van der Waals surface area contributed by atoms with E-state index < -0.39 is 0 Å². The van der Waals surface area contributed by atoms with Gasteiger partial charge in [-0.3, -0.25) is 9.59 Å². The van der Waals surface area contributed by atoms with Gasteiger partial charge >= 0.3 is 0 Å². The lowest BCUT2D eigenvalue weighted by Gasteiger charge is -2.07. The number of halogens is 1. The van der Waals surface area contributed by atoms with Gasteiger partial charge in [0.2, 0.25) is 5.91 Å². The number of benzene rings is 3. The molecule has 2 N–H and O–H groups in total. The molecule has 0 saturated carbocycles. The van der Waals surface area contributed by atoms with Crippen LogP contribution in [0.15, 0.2) is 77.7 Å². The number of thiazole rings is 1. The van der Waals surface area contributed by atoms with Crippen molar-refractivity contribution in [1.29, 1.82) is 0 Å². The number of aryl methyl sites for hydroxylation is 2. The number of hydrogen-bond donors (Lipinski definition) is 2. The highest BCUT2D eigenvalue weighted by Gasteiger charge is 2.13. The van der Waals surface area contributed by atoms with Gasteiger partial charge in [0.25, 0.3) is 5.91 Å². The average molecular weight is 508 g/mol. The van der Waals surface area contributed by atoms with Crippen molar-refractivity contribution < 1.29 is 9.59 Å². The fraction of sp³-hybridized carbons (Fsp3) is 0.115. The number of amides is 2. The molecule has 0 spiro atoms. The fourth-order valence-electron chi connectivity index (χ4n) is 3.20. The second-order valence-corrected chi connectivity index (χ2v) is 10.3. The summed E-state index contributed by atoms with van der Waals surface area (Å²) in [5.41, 5.74) is 4.28. The van der Waals surface area contributed by atoms with E-state index in [1.807, 2.05) is 38.1 Å². The van der Waals surface area contributed by atoms with E-state index in [-0.39, 0.29) is 17.6 Å². The van der Waals surface area contributed by atoms with Gasteiger partial charge in [0.05, 0.1) is 11.4 Å². The van der Waals surface area contributed by atoms with Crippen LogP contribution in [0.1, 0.15) is 20.8 Å². The molecular formula is C26H22ClN3O2S2. The second-order valence-electron chi connectivity index (χ2n) is 7.62. The third-order valence-corrected chi connectivity index (χ3v) is 7.07. The summed E-state index contributed by atoms with van der Waals surface area (Å²) in [5, 5.41) is 6.84. The molecule has 0 unspecified atom stereocenters. The first kappa shape index (κ1) is 24.0. The van der Waals surface area contributed by atoms with Crippen LogP contribution in [0.5, 0.6) is 0 Å². The largest absolute Gasteiger partial charge is 0.322 e. The van der Waals surface area contributed by atoms with Gasteiger partial charge in [-0.05, 0) is 56.3 Å². The second kappa shape index (κ2) is 10.9. The Kier molecular flexibility index (Phi) is 7.67. The van der Waals surface area contributed by atoms with Gasteiger partial charge in [-0.2, -0.15) is 0 Å². The lowest BCUT2D eigenvalue weighted by Crippen LogP contribution is -2.13. The predicted octanol–water partition coefficient (Wildman–Crippen LogP) is 7.06. The number of nitrogens with zero attached hydrogens (tertiary/aromatic N) is 1. The van der Waals surface area contributed by atoms with Crippen molar-refractivity contribution in [2.75, 3.05) is 16.4 Å². The Morgan fingerprint density at radius 3 is 2.41 bits per heavy atom. The van der Waals surface area contributed by atoms with E-state index >= 15 is 0 Å². The van der Waals surface area contributed by atoms with Crippen LogP contribution in [-0.2, 0) is 4.79 Å². The van der Waals surface area contributed by atoms with Crippen molar-refractivity contribution >= 4 is 57.3 Å². The van der Waals surface area contributed by atoms with Crippen molar-refractivity contribution in [2.45, 2.75) is 18.7 Å². The van der Waals surface area contributed by atoms with Gasteiger partial charge in [0.15, 0.2) is 5.13 Å². The molecule has 2 amide bonds. The van der Waals surface area contributed by atoms with Crippen LogP contribution >= 0.6 is 34.7 Å². The van der Waals surface area contributed by atoms with Crippen LogP contribution in [0.3, 0.4) is 0 Å². The zero-order chi connectivity index (χ0) is 24.1. The molecule has 0 radical (unpaired) electrons. The van der Waals surface area contributed by atoms with Crippen LogP contribution in [-0.4, -0.2) is 22.6 Å². The fourth-order valence-corrected chi connectivity index (χ4v) is 4.94. The van der Waals surface area contributed by atoms with Crippen molar-refractivity contribution in [3.63, 3.8) is 0 Å². The summed E-state index contributed by atoms with van der Waals surface area (Å²) in [5.74, 6) is -0.0919. The van der Waals surface area contributed by atoms with Crippen molar-refractivity contribution in [3.8, 4) is 11.3 Å². The lowest BCUT2D eigenvalue weighted by molar-refractivity contribution is -0.113. The molecule has 0 atom stereocenters. The zero-order valence-electron chi connectivity index (χ0n) is 18.6. The Hall–Kier alpha value is -3.13. The highest BCUT2D eigenvalue weighted by Crippen LogP contribution is 2.31. The Balaban J connectivity index is 1.30. The van der Waals surface area contributed by atoms with Crippen LogP contribution < -0.4 is 10.6 Å². The number of nitrogens with one attached hydrogen (secondary N) is 2. The van der Waals surface area contributed by atoms with Crippen LogP contribution in [0.25, 0.3) is 11.3 Å². The molecule has 8 heteroatoms. The van der Waals surface area contributed by atoms with Gasteiger partial charge in [-0.15, -0.1) is 23.1 Å². The Labute approximate surface area is 211 Å². The Bertz CT molecular complexity index is 1320. The predicted molar refractivity (Wildman–Crippen MR) is 142 cm³/mol. The smallest absolute Gasteiger partial charge is 0.255 e. The molecule has 172 valence electrons. The minimum Gasteiger partial charge on any atom is -0.322 e. The molecular weight excluding hydrogens is 486 g/mol. The number of thioether (sulfide) groups is 1. The van der Waals surface area contributed by atoms with E-state index in [1.165, 1.54) is 28.7 Å². The molecule has 4 rings (SSSR count). The van der Waals surface area contributed by atoms with E-state index in [2.05, 4.69) is 27.8 Å². The number of hydrogen-bond acceptors (Lipinski definition) is 5. The van der Waals surface area contributed by atoms with Gasteiger partial charge in [-0.25, -0.2) is 4.98 Å². The summed E-state index contributed by atoms with van der Waals surface area (Å²) in [6, 6.07) is 22.3. The monoisotopic (exact) mass is 507 g/mol. The van der Waals surface area contributed by atoms with Crippen molar-refractivity contribution in [3.05, 3.63) is 93.8 Å². The highest BCUT2D eigenvalue weighted by molar-refractivity contribution is 8.00. The maximum Gasteiger partial charge on any atom is 0.255 e. The number of carbonyl (C=O) groups excluding carboxylic acids is 2. The van der Waals surface area contributed by atoms with E-state index in [0.717, 1.165) is 21.0 Å². The lowest BCUT2D eigenvalue weighted by atomic mass is 10.1. The molecule has 0 bridgehead atoms. The quantitative estimate of drug-likeness (QED) is 0.262. The summed E-state index contributed by atoms with van der Waals surface area (Å²) in [6.45, 7) is 4.05. The van der Waals surface area contributed by atoms with E-state index in [9.17, 15) is 9.59 Å². The maximum absolute atomic E-state index is 12.5. The minimum atomic E-state index is -0.231. The maximum atomic E-state index is 12.5. The summed E-state index contributed by atoms with van der Waals surface area (Å²) < 4.78 is 0. The molecule has 1 heterocycles. The number of carbonyl (C=O) groups is 2. The standard InChI is InChI=1S/C26H22ClN3O2S2/c1-16-6-8-18(9-7-16)24-17(2)34-26(30-24)29-23(31)15-33-22-12-10-21(11-13-22)28-25(32)19-4-3-5-20(27)14-19/h3-14H,15H2,1-2H3,(H,28,32)(H,29,30,31).